The molecule has 2 aromatic heterocycles. The molecule has 6 heteroatoms. The Labute approximate surface area is 194 Å². The summed E-state index contributed by atoms with van der Waals surface area (Å²) in [5.74, 6) is 0.719. The summed E-state index contributed by atoms with van der Waals surface area (Å²) in [6.45, 7) is 7.04. The van der Waals surface area contributed by atoms with Crippen LogP contribution in [0.3, 0.4) is 0 Å². The molecule has 1 amide bonds. The van der Waals surface area contributed by atoms with Crippen LogP contribution in [0.5, 0.6) is 5.75 Å². The van der Waals surface area contributed by atoms with Crippen molar-refractivity contribution in [1.29, 1.82) is 0 Å². The largest absolute Gasteiger partial charge is 0.489 e. The number of aromatic nitrogens is 2. The van der Waals surface area contributed by atoms with Crippen molar-refractivity contribution in [2.24, 2.45) is 0 Å². The minimum atomic E-state index is -0.549. The van der Waals surface area contributed by atoms with Crippen LogP contribution in [0.15, 0.2) is 67.0 Å². The van der Waals surface area contributed by atoms with Gasteiger partial charge in [-0.25, -0.2) is 4.79 Å². The number of nitrogens with zero attached hydrogens (tertiary/aromatic N) is 2. The molecule has 0 saturated heterocycles. The Morgan fingerprint density at radius 2 is 1.85 bits per heavy atom. The maximum atomic E-state index is 12.8. The van der Waals surface area contributed by atoms with Gasteiger partial charge in [0, 0.05) is 35.2 Å². The molecule has 2 heterocycles. The molecule has 0 saturated carbocycles. The average Bonchev–Trinajstić information content (AvgIpc) is 3.20. The van der Waals surface area contributed by atoms with Gasteiger partial charge < -0.3 is 19.4 Å². The summed E-state index contributed by atoms with van der Waals surface area (Å²) in [4.78, 5) is 22.3. The zero-order valence-corrected chi connectivity index (χ0v) is 19.5. The Bertz CT molecular complexity index is 1220. The van der Waals surface area contributed by atoms with Gasteiger partial charge in [-0.05, 0) is 57.4 Å². The van der Waals surface area contributed by atoms with E-state index in [1.165, 1.54) is 10.9 Å². The van der Waals surface area contributed by atoms with E-state index in [1.807, 2.05) is 63.2 Å². The van der Waals surface area contributed by atoms with Crippen LogP contribution in [-0.2, 0) is 11.2 Å². The lowest BCUT2D eigenvalue weighted by molar-refractivity contribution is 0.0224. The molecule has 0 aliphatic carbocycles. The molecule has 0 aliphatic rings. The van der Waals surface area contributed by atoms with Crippen molar-refractivity contribution in [2.45, 2.75) is 39.2 Å². The SMILES string of the molecule is CC(C)(C)OC(=O)N(CCCc1c[nH]c2ccccc12)CCOc1cccc2cccnc12. The maximum absolute atomic E-state index is 12.8. The predicted octanol–water partition coefficient (Wildman–Crippen LogP) is 5.96. The summed E-state index contributed by atoms with van der Waals surface area (Å²) < 4.78 is 11.7. The van der Waals surface area contributed by atoms with Gasteiger partial charge in [-0.3, -0.25) is 4.98 Å². The first kappa shape index (κ1) is 22.6. The minimum Gasteiger partial charge on any atom is -0.489 e. The topological polar surface area (TPSA) is 67.5 Å². The molecule has 0 atom stereocenters. The van der Waals surface area contributed by atoms with Crippen molar-refractivity contribution in [3.8, 4) is 5.75 Å². The molecule has 2 aromatic carbocycles. The second-order valence-corrected chi connectivity index (χ2v) is 9.11. The number of benzene rings is 2. The lowest BCUT2D eigenvalue weighted by Crippen LogP contribution is -2.39. The fourth-order valence-corrected chi connectivity index (χ4v) is 3.88. The number of aromatic amines is 1. The highest BCUT2D eigenvalue weighted by Crippen LogP contribution is 2.23. The van der Waals surface area contributed by atoms with E-state index in [9.17, 15) is 4.79 Å². The van der Waals surface area contributed by atoms with Crippen LogP contribution in [0, 0.1) is 0 Å². The molecule has 0 spiro atoms. The number of pyridine rings is 1. The third-order valence-electron chi connectivity index (χ3n) is 5.42. The quantitative estimate of drug-likeness (QED) is 0.363. The van der Waals surface area contributed by atoms with Crippen molar-refractivity contribution in [1.82, 2.24) is 14.9 Å². The third kappa shape index (κ3) is 5.83. The molecule has 4 aromatic rings. The van der Waals surface area contributed by atoms with Crippen LogP contribution in [0.2, 0.25) is 0 Å². The number of carbonyl (C=O) groups is 1. The number of hydrogen-bond donors (Lipinski definition) is 1. The second kappa shape index (κ2) is 9.94. The normalized spacial score (nSPS) is 11.6. The minimum absolute atomic E-state index is 0.318. The Balaban J connectivity index is 1.39. The van der Waals surface area contributed by atoms with Crippen LogP contribution in [0.1, 0.15) is 32.8 Å². The Morgan fingerprint density at radius 1 is 1.03 bits per heavy atom. The Hall–Kier alpha value is -3.54. The van der Waals surface area contributed by atoms with Crippen molar-refractivity contribution < 1.29 is 14.3 Å². The van der Waals surface area contributed by atoms with E-state index in [4.69, 9.17) is 9.47 Å². The molecule has 0 unspecified atom stereocenters. The number of rotatable bonds is 8. The summed E-state index contributed by atoms with van der Waals surface area (Å²) in [6.07, 6.45) is 5.20. The smallest absolute Gasteiger partial charge is 0.410 e. The molecule has 1 N–H and O–H groups in total. The highest BCUT2D eigenvalue weighted by molar-refractivity contribution is 5.84. The number of para-hydroxylation sites is 2. The Kier molecular flexibility index (Phi) is 6.82. The number of hydrogen-bond acceptors (Lipinski definition) is 4. The number of amides is 1. The van der Waals surface area contributed by atoms with Gasteiger partial charge in [-0.2, -0.15) is 0 Å². The lowest BCUT2D eigenvalue weighted by Gasteiger charge is -2.27. The van der Waals surface area contributed by atoms with Crippen molar-refractivity contribution in [3.05, 3.63) is 72.6 Å². The molecule has 0 aliphatic heterocycles. The van der Waals surface area contributed by atoms with Gasteiger partial charge >= 0.3 is 6.09 Å². The van der Waals surface area contributed by atoms with E-state index < -0.39 is 5.60 Å². The Morgan fingerprint density at radius 3 is 2.70 bits per heavy atom. The summed E-state index contributed by atoms with van der Waals surface area (Å²) >= 11 is 0. The molecule has 172 valence electrons. The van der Waals surface area contributed by atoms with E-state index in [2.05, 4.69) is 28.3 Å². The second-order valence-electron chi connectivity index (χ2n) is 9.11. The van der Waals surface area contributed by atoms with E-state index in [-0.39, 0.29) is 6.09 Å². The van der Waals surface area contributed by atoms with Gasteiger partial charge in [0.25, 0.3) is 0 Å². The van der Waals surface area contributed by atoms with Crippen LogP contribution >= 0.6 is 0 Å². The van der Waals surface area contributed by atoms with Gasteiger partial charge in [-0.1, -0.05) is 36.4 Å². The van der Waals surface area contributed by atoms with Crippen molar-refractivity contribution in [2.75, 3.05) is 19.7 Å². The first-order chi connectivity index (χ1) is 15.9. The number of fused-ring (bicyclic) bond motifs is 2. The summed E-state index contributed by atoms with van der Waals surface area (Å²) in [6, 6.07) is 18.1. The summed E-state index contributed by atoms with van der Waals surface area (Å²) in [5.41, 5.74) is 2.66. The fourth-order valence-electron chi connectivity index (χ4n) is 3.88. The van der Waals surface area contributed by atoms with E-state index in [0.29, 0.717) is 19.7 Å². The molecular formula is C27H31N3O3. The molecule has 33 heavy (non-hydrogen) atoms. The number of carbonyl (C=O) groups excluding carboxylic acids is 1. The number of ether oxygens (including phenoxy) is 2. The molecular weight excluding hydrogens is 414 g/mol. The van der Waals surface area contributed by atoms with Gasteiger partial charge in [0.05, 0.1) is 6.54 Å². The zero-order valence-electron chi connectivity index (χ0n) is 19.5. The average molecular weight is 446 g/mol. The van der Waals surface area contributed by atoms with Crippen molar-refractivity contribution in [3.63, 3.8) is 0 Å². The maximum Gasteiger partial charge on any atom is 0.410 e. The molecule has 4 rings (SSSR count). The predicted molar refractivity (Wildman–Crippen MR) is 132 cm³/mol. The highest BCUT2D eigenvalue weighted by atomic mass is 16.6. The first-order valence-electron chi connectivity index (χ1n) is 11.4. The monoisotopic (exact) mass is 445 g/mol. The van der Waals surface area contributed by atoms with Crippen LogP contribution in [-0.4, -0.2) is 46.3 Å². The number of nitrogens with one attached hydrogen (secondary N) is 1. The fraction of sp³-hybridized carbons (Fsp3) is 0.333. The molecule has 0 fully saturated rings. The van der Waals surface area contributed by atoms with Crippen LogP contribution < -0.4 is 4.74 Å². The third-order valence-corrected chi connectivity index (χ3v) is 5.42. The number of aryl methyl sites for hydroxylation is 1. The first-order valence-corrected chi connectivity index (χ1v) is 11.4. The molecule has 0 bridgehead atoms. The van der Waals surface area contributed by atoms with E-state index >= 15 is 0 Å². The van der Waals surface area contributed by atoms with Crippen LogP contribution in [0.25, 0.3) is 21.8 Å². The van der Waals surface area contributed by atoms with Gasteiger partial charge in [0.1, 0.15) is 23.5 Å². The van der Waals surface area contributed by atoms with Gasteiger partial charge in [0.15, 0.2) is 0 Å². The summed E-state index contributed by atoms with van der Waals surface area (Å²) in [5, 5.41) is 2.26. The van der Waals surface area contributed by atoms with Gasteiger partial charge in [-0.15, -0.1) is 0 Å². The van der Waals surface area contributed by atoms with Gasteiger partial charge in [0.2, 0.25) is 0 Å². The van der Waals surface area contributed by atoms with Crippen LogP contribution in [0.4, 0.5) is 4.79 Å². The summed E-state index contributed by atoms with van der Waals surface area (Å²) in [7, 11) is 0. The number of H-pyrrole nitrogens is 1. The standard InChI is InChI=1S/C27H31N3O3/c1-27(2,3)33-26(31)30(16-8-11-21-19-29-23-13-5-4-12-22(21)23)17-18-32-24-14-6-9-20-10-7-15-28-25(20)24/h4-7,9-10,12-15,19,29H,8,11,16-18H2,1-3H3. The van der Waals surface area contributed by atoms with Crippen molar-refractivity contribution >= 4 is 27.9 Å². The van der Waals surface area contributed by atoms with E-state index in [0.717, 1.165) is 35.0 Å². The molecule has 0 radical (unpaired) electrons. The lowest BCUT2D eigenvalue weighted by atomic mass is 10.1. The van der Waals surface area contributed by atoms with E-state index in [1.54, 1.807) is 11.1 Å². The highest BCUT2D eigenvalue weighted by Gasteiger charge is 2.22. The zero-order chi connectivity index (χ0) is 23.3. The molecule has 6 nitrogen and oxygen atoms in total.